The third-order valence-corrected chi connectivity index (χ3v) is 2.80. The van der Waals surface area contributed by atoms with E-state index in [0.29, 0.717) is 12.8 Å². The topological polar surface area (TPSA) is 46.9 Å². The van der Waals surface area contributed by atoms with Crippen molar-refractivity contribution in [2.24, 2.45) is 0 Å². The van der Waals surface area contributed by atoms with Gasteiger partial charge in [0.2, 0.25) is 5.91 Å². The van der Waals surface area contributed by atoms with E-state index in [2.05, 4.69) is 10.4 Å². The van der Waals surface area contributed by atoms with Crippen LogP contribution in [0.5, 0.6) is 0 Å². The van der Waals surface area contributed by atoms with Crippen LogP contribution in [0.25, 0.3) is 0 Å². The summed E-state index contributed by atoms with van der Waals surface area (Å²) in [6.45, 7) is 2.13. The molecule has 4 nitrogen and oxygen atoms in total. The molecule has 0 aromatic carbocycles. The molecule has 0 saturated heterocycles. The van der Waals surface area contributed by atoms with Gasteiger partial charge in [-0.15, -0.1) is 0 Å². The van der Waals surface area contributed by atoms with Crippen LogP contribution in [0.15, 0.2) is 12.4 Å². The fourth-order valence-electron chi connectivity index (χ4n) is 2.03. The molecule has 88 valence electrons. The maximum Gasteiger partial charge on any atom is 0.241 e. The molecular weight excluding hydrogens is 209 g/mol. The van der Waals surface area contributed by atoms with Gasteiger partial charge in [-0.25, -0.2) is 4.39 Å². The first-order valence-corrected chi connectivity index (χ1v) is 5.56. The molecule has 1 saturated carbocycles. The monoisotopic (exact) mass is 225 g/mol. The SMILES string of the molecule is Cc1cnn(CC(=O)NC2CCC(F)C2)c1. The molecule has 2 unspecified atom stereocenters. The molecule has 1 aromatic heterocycles. The van der Waals surface area contributed by atoms with Gasteiger partial charge in [-0.05, 0) is 31.7 Å². The Labute approximate surface area is 93.8 Å². The minimum absolute atomic E-state index is 0.000779. The summed E-state index contributed by atoms with van der Waals surface area (Å²) in [4.78, 5) is 11.6. The highest BCUT2D eigenvalue weighted by Crippen LogP contribution is 2.21. The van der Waals surface area contributed by atoms with E-state index in [1.54, 1.807) is 10.9 Å². The first-order valence-electron chi connectivity index (χ1n) is 5.56. The summed E-state index contributed by atoms with van der Waals surface area (Å²) in [5, 5.41) is 6.85. The summed E-state index contributed by atoms with van der Waals surface area (Å²) in [7, 11) is 0. The maximum absolute atomic E-state index is 12.9. The molecule has 0 radical (unpaired) electrons. The van der Waals surface area contributed by atoms with Crippen LogP contribution < -0.4 is 5.32 Å². The van der Waals surface area contributed by atoms with Crippen LogP contribution in [0.3, 0.4) is 0 Å². The van der Waals surface area contributed by atoms with E-state index in [0.717, 1.165) is 12.0 Å². The number of amides is 1. The van der Waals surface area contributed by atoms with Crippen LogP contribution in [-0.4, -0.2) is 27.9 Å². The van der Waals surface area contributed by atoms with Gasteiger partial charge in [0.15, 0.2) is 0 Å². The first kappa shape index (κ1) is 11.1. The number of hydrogen-bond donors (Lipinski definition) is 1. The van der Waals surface area contributed by atoms with E-state index in [1.165, 1.54) is 0 Å². The number of aryl methyl sites for hydroxylation is 1. The lowest BCUT2D eigenvalue weighted by molar-refractivity contribution is -0.122. The van der Waals surface area contributed by atoms with E-state index >= 15 is 0 Å². The van der Waals surface area contributed by atoms with Crippen molar-refractivity contribution in [1.29, 1.82) is 0 Å². The number of hydrogen-bond acceptors (Lipinski definition) is 2. The molecule has 1 aliphatic carbocycles. The lowest BCUT2D eigenvalue weighted by Gasteiger charge is -2.11. The van der Waals surface area contributed by atoms with Crippen molar-refractivity contribution in [3.05, 3.63) is 18.0 Å². The molecular formula is C11H16FN3O. The van der Waals surface area contributed by atoms with Gasteiger partial charge in [0.25, 0.3) is 0 Å². The summed E-state index contributed by atoms with van der Waals surface area (Å²) in [5.74, 6) is -0.0952. The van der Waals surface area contributed by atoms with E-state index in [-0.39, 0.29) is 18.5 Å². The van der Waals surface area contributed by atoms with Crippen LogP contribution in [0.4, 0.5) is 4.39 Å². The number of aromatic nitrogens is 2. The van der Waals surface area contributed by atoms with E-state index < -0.39 is 6.17 Å². The number of carbonyl (C=O) groups is 1. The van der Waals surface area contributed by atoms with Crippen LogP contribution in [0.1, 0.15) is 24.8 Å². The normalized spacial score (nSPS) is 24.6. The fourth-order valence-corrected chi connectivity index (χ4v) is 2.03. The van der Waals surface area contributed by atoms with Gasteiger partial charge in [0.05, 0.1) is 6.20 Å². The fraction of sp³-hybridized carbons (Fsp3) is 0.636. The van der Waals surface area contributed by atoms with Gasteiger partial charge >= 0.3 is 0 Å². The molecule has 2 rings (SSSR count). The summed E-state index contributed by atoms with van der Waals surface area (Å²) in [5.41, 5.74) is 1.03. The van der Waals surface area contributed by atoms with Crippen LogP contribution in [0.2, 0.25) is 0 Å². The second kappa shape index (κ2) is 4.63. The van der Waals surface area contributed by atoms with Crippen molar-refractivity contribution < 1.29 is 9.18 Å². The summed E-state index contributed by atoms with van der Waals surface area (Å²) in [6.07, 6.45) is 4.52. The number of nitrogens with one attached hydrogen (secondary N) is 1. The molecule has 1 aromatic rings. The lowest BCUT2D eigenvalue weighted by Crippen LogP contribution is -2.35. The molecule has 1 N–H and O–H groups in total. The second-order valence-corrected chi connectivity index (χ2v) is 4.39. The minimum Gasteiger partial charge on any atom is -0.352 e. The van der Waals surface area contributed by atoms with Gasteiger partial charge in [-0.1, -0.05) is 0 Å². The molecule has 0 bridgehead atoms. The van der Waals surface area contributed by atoms with Crippen LogP contribution in [0, 0.1) is 6.92 Å². The number of alkyl halides is 1. The van der Waals surface area contributed by atoms with Gasteiger partial charge in [0, 0.05) is 12.2 Å². The zero-order valence-electron chi connectivity index (χ0n) is 9.32. The highest BCUT2D eigenvalue weighted by atomic mass is 19.1. The number of rotatable bonds is 3. The Hall–Kier alpha value is -1.39. The molecule has 2 atom stereocenters. The van der Waals surface area contributed by atoms with Gasteiger partial charge in [-0.3, -0.25) is 9.48 Å². The van der Waals surface area contributed by atoms with Crippen molar-refractivity contribution in [2.45, 2.75) is 44.9 Å². The molecule has 16 heavy (non-hydrogen) atoms. The van der Waals surface area contributed by atoms with Gasteiger partial charge in [-0.2, -0.15) is 5.10 Å². The number of nitrogens with zero attached hydrogens (tertiary/aromatic N) is 2. The largest absolute Gasteiger partial charge is 0.352 e. The van der Waals surface area contributed by atoms with Crippen molar-refractivity contribution in [2.75, 3.05) is 0 Å². The molecule has 0 spiro atoms. The van der Waals surface area contributed by atoms with Crippen molar-refractivity contribution in [1.82, 2.24) is 15.1 Å². The Morgan fingerprint density at radius 1 is 1.69 bits per heavy atom. The molecule has 1 amide bonds. The lowest BCUT2D eigenvalue weighted by atomic mass is 10.2. The summed E-state index contributed by atoms with van der Waals surface area (Å²) >= 11 is 0. The highest BCUT2D eigenvalue weighted by molar-refractivity contribution is 5.76. The smallest absolute Gasteiger partial charge is 0.241 e. The van der Waals surface area contributed by atoms with E-state index in [9.17, 15) is 9.18 Å². The third-order valence-electron chi connectivity index (χ3n) is 2.80. The highest BCUT2D eigenvalue weighted by Gasteiger charge is 2.25. The van der Waals surface area contributed by atoms with E-state index in [4.69, 9.17) is 0 Å². The standard InChI is InChI=1S/C11H16FN3O/c1-8-5-13-15(6-8)7-11(16)14-10-3-2-9(12)4-10/h5-6,9-10H,2-4,7H2,1H3,(H,14,16). The maximum atomic E-state index is 12.9. The summed E-state index contributed by atoms with van der Waals surface area (Å²) < 4.78 is 14.5. The zero-order chi connectivity index (χ0) is 11.5. The van der Waals surface area contributed by atoms with E-state index in [1.807, 2.05) is 13.1 Å². The number of carbonyl (C=O) groups excluding carboxylic acids is 1. The molecule has 1 fully saturated rings. The third kappa shape index (κ3) is 2.81. The van der Waals surface area contributed by atoms with Gasteiger partial charge in [0.1, 0.15) is 12.7 Å². The second-order valence-electron chi connectivity index (χ2n) is 4.39. The Kier molecular flexibility index (Phi) is 3.22. The van der Waals surface area contributed by atoms with Crippen LogP contribution >= 0.6 is 0 Å². The Morgan fingerprint density at radius 2 is 2.50 bits per heavy atom. The summed E-state index contributed by atoms with van der Waals surface area (Å²) in [6, 6.07) is -0.000779. The predicted octanol–water partition coefficient (Wildman–Crippen LogP) is 1.20. The first-order chi connectivity index (χ1) is 7.63. The van der Waals surface area contributed by atoms with Crippen molar-refractivity contribution in [3.63, 3.8) is 0 Å². The average Bonchev–Trinajstić information content (AvgIpc) is 2.76. The Bertz CT molecular complexity index is 377. The van der Waals surface area contributed by atoms with Crippen molar-refractivity contribution in [3.8, 4) is 0 Å². The molecule has 1 aliphatic rings. The van der Waals surface area contributed by atoms with Crippen molar-refractivity contribution >= 4 is 5.91 Å². The number of halogens is 1. The van der Waals surface area contributed by atoms with Gasteiger partial charge < -0.3 is 5.32 Å². The quantitative estimate of drug-likeness (QED) is 0.840. The molecule has 0 aliphatic heterocycles. The average molecular weight is 225 g/mol. The Morgan fingerprint density at radius 3 is 3.06 bits per heavy atom. The Balaban J connectivity index is 1.80. The van der Waals surface area contributed by atoms with Crippen LogP contribution in [-0.2, 0) is 11.3 Å². The molecule has 1 heterocycles. The minimum atomic E-state index is -0.753. The zero-order valence-corrected chi connectivity index (χ0v) is 9.32. The molecule has 5 heteroatoms. The predicted molar refractivity (Wildman–Crippen MR) is 57.6 cm³/mol.